The van der Waals surface area contributed by atoms with E-state index in [9.17, 15) is 32.7 Å². The number of ketones is 2. The summed E-state index contributed by atoms with van der Waals surface area (Å²) in [5.41, 5.74) is -0.622. The standard InChI is InChI=1S/C18H12F3NO4/c19-18(20,21)7-8-22-14-12(17(25)26)6-5-11-13(14)16(24)10-4-2-1-3-9(10)15(11)23/h1-6,22H,7-8H2,(H,25,26). The molecule has 0 spiro atoms. The molecule has 0 atom stereocenters. The van der Waals surface area contributed by atoms with E-state index in [2.05, 4.69) is 5.32 Å². The molecule has 0 unspecified atom stereocenters. The number of alkyl halides is 3. The molecule has 2 aromatic rings. The number of rotatable bonds is 4. The Morgan fingerprint density at radius 1 is 0.962 bits per heavy atom. The first kappa shape index (κ1) is 17.7. The fourth-order valence-corrected chi connectivity index (χ4v) is 2.88. The quantitative estimate of drug-likeness (QED) is 0.741. The van der Waals surface area contributed by atoms with Crippen LogP contribution < -0.4 is 5.32 Å². The van der Waals surface area contributed by atoms with Crippen molar-refractivity contribution in [2.24, 2.45) is 0 Å². The van der Waals surface area contributed by atoms with Crippen LogP contribution in [-0.4, -0.2) is 35.4 Å². The van der Waals surface area contributed by atoms with Crippen LogP contribution in [-0.2, 0) is 0 Å². The monoisotopic (exact) mass is 363 g/mol. The summed E-state index contributed by atoms with van der Waals surface area (Å²) in [6.45, 7) is -0.622. The minimum Gasteiger partial charge on any atom is -0.478 e. The fourth-order valence-electron chi connectivity index (χ4n) is 2.88. The molecule has 0 fully saturated rings. The first-order chi connectivity index (χ1) is 12.2. The van der Waals surface area contributed by atoms with Gasteiger partial charge in [-0.15, -0.1) is 0 Å². The summed E-state index contributed by atoms with van der Waals surface area (Å²) in [5.74, 6) is -2.50. The van der Waals surface area contributed by atoms with E-state index in [1.54, 1.807) is 12.1 Å². The van der Waals surface area contributed by atoms with Crippen molar-refractivity contribution >= 4 is 23.2 Å². The van der Waals surface area contributed by atoms with Crippen molar-refractivity contribution in [3.8, 4) is 0 Å². The number of halogens is 3. The summed E-state index contributed by atoms with van der Waals surface area (Å²) in [6.07, 6.45) is -5.66. The summed E-state index contributed by atoms with van der Waals surface area (Å²) in [5, 5.41) is 11.7. The predicted octanol–water partition coefficient (Wildman–Crippen LogP) is 3.52. The second-order valence-electron chi connectivity index (χ2n) is 5.71. The topological polar surface area (TPSA) is 83.5 Å². The third kappa shape index (κ3) is 3.05. The summed E-state index contributed by atoms with van der Waals surface area (Å²) in [4.78, 5) is 36.9. The minimum absolute atomic E-state index is 0.0341. The number of anilines is 1. The molecular formula is C18H12F3NO4. The molecule has 5 nitrogen and oxygen atoms in total. The molecule has 0 radical (unpaired) electrons. The van der Waals surface area contributed by atoms with Gasteiger partial charge >= 0.3 is 12.1 Å². The molecule has 2 N–H and O–H groups in total. The van der Waals surface area contributed by atoms with Gasteiger partial charge in [0.25, 0.3) is 0 Å². The zero-order chi connectivity index (χ0) is 19.1. The van der Waals surface area contributed by atoms with Crippen molar-refractivity contribution in [1.82, 2.24) is 0 Å². The lowest BCUT2D eigenvalue weighted by Crippen LogP contribution is -2.25. The zero-order valence-electron chi connectivity index (χ0n) is 13.2. The second kappa shape index (κ2) is 6.29. The van der Waals surface area contributed by atoms with Gasteiger partial charge in [-0.1, -0.05) is 24.3 Å². The van der Waals surface area contributed by atoms with Crippen LogP contribution in [0.1, 0.15) is 48.6 Å². The maximum atomic E-state index is 12.8. The number of carbonyl (C=O) groups is 3. The lowest BCUT2D eigenvalue weighted by molar-refractivity contribution is -0.131. The summed E-state index contributed by atoms with van der Waals surface area (Å²) < 4.78 is 37.2. The number of carboxylic acid groups (broad SMARTS) is 1. The van der Waals surface area contributed by atoms with Crippen molar-refractivity contribution in [2.45, 2.75) is 12.6 Å². The van der Waals surface area contributed by atoms with Crippen LogP contribution in [0.15, 0.2) is 36.4 Å². The molecule has 0 saturated carbocycles. The highest BCUT2D eigenvalue weighted by Crippen LogP contribution is 2.34. The lowest BCUT2D eigenvalue weighted by atomic mass is 9.82. The zero-order valence-corrected chi connectivity index (χ0v) is 13.2. The number of fused-ring (bicyclic) bond motifs is 2. The van der Waals surface area contributed by atoms with Gasteiger partial charge in [-0.3, -0.25) is 9.59 Å². The molecule has 1 aliphatic carbocycles. The Labute approximate surface area is 145 Å². The number of carbonyl (C=O) groups excluding carboxylic acids is 2. The number of nitrogens with one attached hydrogen (secondary N) is 1. The molecule has 26 heavy (non-hydrogen) atoms. The third-order valence-corrected chi connectivity index (χ3v) is 4.03. The Kier molecular flexibility index (Phi) is 4.27. The van der Waals surface area contributed by atoms with Crippen LogP contribution in [0.2, 0.25) is 0 Å². The normalized spacial score (nSPS) is 13.2. The molecule has 2 aromatic carbocycles. The number of aromatic carboxylic acids is 1. The van der Waals surface area contributed by atoms with Gasteiger partial charge in [-0.25, -0.2) is 4.79 Å². The van der Waals surface area contributed by atoms with Crippen molar-refractivity contribution in [1.29, 1.82) is 0 Å². The maximum absolute atomic E-state index is 12.8. The molecule has 0 saturated heterocycles. The van der Waals surface area contributed by atoms with Gasteiger partial charge in [0.2, 0.25) is 0 Å². The van der Waals surface area contributed by atoms with Gasteiger partial charge in [-0.05, 0) is 12.1 Å². The van der Waals surface area contributed by atoms with Crippen LogP contribution >= 0.6 is 0 Å². The molecule has 0 aliphatic heterocycles. The van der Waals surface area contributed by atoms with Gasteiger partial charge < -0.3 is 10.4 Å². The Morgan fingerprint density at radius 3 is 2.15 bits per heavy atom. The summed E-state index contributed by atoms with van der Waals surface area (Å²) in [6, 6.07) is 8.35. The molecule has 134 valence electrons. The highest BCUT2D eigenvalue weighted by Gasteiger charge is 2.34. The van der Waals surface area contributed by atoms with Gasteiger partial charge in [-0.2, -0.15) is 13.2 Å². The van der Waals surface area contributed by atoms with Gasteiger partial charge in [0.15, 0.2) is 11.6 Å². The molecular weight excluding hydrogens is 351 g/mol. The maximum Gasteiger partial charge on any atom is 0.390 e. The van der Waals surface area contributed by atoms with Crippen LogP contribution in [0.25, 0.3) is 0 Å². The highest BCUT2D eigenvalue weighted by molar-refractivity contribution is 6.31. The van der Waals surface area contributed by atoms with E-state index in [0.29, 0.717) is 0 Å². The van der Waals surface area contributed by atoms with Gasteiger partial charge in [0.1, 0.15) is 0 Å². The summed E-state index contributed by atoms with van der Waals surface area (Å²) in [7, 11) is 0. The largest absolute Gasteiger partial charge is 0.478 e. The number of benzene rings is 2. The van der Waals surface area contributed by atoms with Crippen LogP contribution in [0.5, 0.6) is 0 Å². The lowest BCUT2D eigenvalue weighted by Gasteiger charge is -2.22. The molecule has 1 aliphatic rings. The van der Waals surface area contributed by atoms with E-state index in [-0.39, 0.29) is 33.5 Å². The third-order valence-electron chi connectivity index (χ3n) is 4.03. The van der Waals surface area contributed by atoms with Crippen molar-refractivity contribution in [3.05, 3.63) is 64.2 Å². The molecule has 8 heteroatoms. The number of carboxylic acids is 1. The highest BCUT2D eigenvalue weighted by atomic mass is 19.4. The first-order valence-corrected chi connectivity index (χ1v) is 7.60. The van der Waals surface area contributed by atoms with Gasteiger partial charge in [0.05, 0.1) is 23.2 Å². The average Bonchev–Trinajstić information content (AvgIpc) is 2.58. The van der Waals surface area contributed by atoms with Crippen molar-refractivity contribution in [3.63, 3.8) is 0 Å². The Hall–Kier alpha value is -3.16. The second-order valence-corrected chi connectivity index (χ2v) is 5.71. The smallest absolute Gasteiger partial charge is 0.390 e. The van der Waals surface area contributed by atoms with Crippen LogP contribution in [0.3, 0.4) is 0 Å². The van der Waals surface area contributed by atoms with E-state index in [1.807, 2.05) is 0 Å². The first-order valence-electron chi connectivity index (χ1n) is 7.60. The molecule has 0 bridgehead atoms. The number of hydrogen-bond donors (Lipinski definition) is 2. The van der Waals surface area contributed by atoms with Crippen LogP contribution in [0, 0.1) is 0 Å². The van der Waals surface area contributed by atoms with E-state index in [0.717, 1.165) is 6.07 Å². The van der Waals surface area contributed by atoms with Crippen LogP contribution in [0.4, 0.5) is 18.9 Å². The van der Waals surface area contributed by atoms with E-state index >= 15 is 0 Å². The predicted molar refractivity (Wildman–Crippen MR) is 85.9 cm³/mol. The van der Waals surface area contributed by atoms with E-state index in [4.69, 9.17) is 0 Å². The SMILES string of the molecule is O=C(O)c1ccc2c(c1NCCC(F)(F)F)C(=O)c1ccccc1C2=O. The van der Waals surface area contributed by atoms with Crippen molar-refractivity contribution < 1.29 is 32.7 Å². The van der Waals surface area contributed by atoms with Crippen molar-refractivity contribution in [2.75, 3.05) is 11.9 Å². The Morgan fingerprint density at radius 2 is 1.58 bits per heavy atom. The fraction of sp³-hybridized carbons (Fsp3) is 0.167. The molecule has 0 aromatic heterocycles. The average molecular weight is 363 g/mol. The Balaban J connectivity index is 2.12. The minimum atomic E-state index is -4.45. The molecule has 0 heterocycles. The molecule has 0 amide bonds. The van der Waals surface area contributed by atoms with E-state index < -0.39 is 36.7 Å². The summed E-state index contributed by atoms with van der Waals surface area (Å²) >= 11 is 0. The molecule has 3 rings (SSSR count). The number of hydrogen-bond acceptors (Lipinski definition) is 4. The Bertz CT molecular complexity index is 935. The van der Waals surface area contributed by atoms with Gasteiger partial charge in [0, 0.05) is 23.2 Å². The van der Waals surface area contributed by atoms with E-state index in [1.165, 1.54) is 18.2 Å².